The molecule has 0 saturated heterocycles. The molecule has 1 aliphatic carbocycles. The fourth-order valence-electron chi connectivity index (χ4n) is 2.26. The number of hydrogen-bond donors (Lipinski definition) is 2. The van der Waals surface area contributed by atoms with Gasteiger partial charge in [0.25, 0.3) is 0 Å². The zero-order valence-corrected chi connectivity index (χ0v) is 10.3. The van der Waals surface area contributed by atoms with E-state index in [2.05, 4.69) is 0 Å². The number of carbonyl (C=O) groups is 1. The van der Waals surface area contributed by atoms with Crippen molar-refractivity contribution >= 4 is 5.91 Å². The number of aliphatic hydroxyl groups excluding tert-OH is 1. The Labute approximate surface area is 107 Å². The maximum atomic E-state index is 10.9. The van der Waals surface area contributed by atoms with Gasteiger partial charge in [0, 0.05) is 5.56 Å². The molecule has 1 fully saturated rings. The van der Waals surface area contributed by atoms with Crippen LogP contribution in [0.2, 0.25) is 0 Å². The summed E-state index contributed by atoms with van der Waals surface area (Å²) in [6.07, 6.45) is 4.42. The second-order valence-electron chi connectivity index (χ2n) is 4.75. The minimum absolute atomic E-state index is 0.146. The van der Waals surface area contributed by atoms with E-state index in [0.717, 1.165) is 32.1 Å². The quantitative estimate of drug-likeness (QED) is 0.803. The largest absolute Gasteiger partial charge is 0.488 e. The van der Waals surface area contributed by atoms with Crippen molar-refractivity contribution < 1.29 is 14.6 Å². The summed E-state index contributed by atoms with van der Waals surface area (Å²) in [6.45, 7) is 0. The zero-order chi connectivity index (χ0) is 13.0. The maximum Gasteiger partial charge on any atom is 0.248 e. The van der Waals surface area contributed by atoms with Crippen molar-refractivity contribution in [1.29, 1.82) is 0 Å². The van der Waals surface area contributed by atoms with Crippen LogP contribution in [0.15, 0.2) is 24.3 Å². The Morgan fingerprint density at radius 2 is 1.83 bits per heavy atom. The zero-order valence-electron chi connectivity index (χ0n) is 10.3. The molecule has 4 heteroatoms. The fourth-order valence-corrected chi connectivity index (χ4v) is 2.26. The SMILES string of the molecule is NC(=O)c1ccc(OC2CCCCCC2O)cc1. The first-order chi connectivity index (χ1) is 8.66. The molecule has 1 amide bonds. The van der Waals surface area contributed by atoms with Crippen LogP contribution < -0.4 is 10.5 Å². The van der Waals surface area contributed by atoms with Crippen LogP contribution in [0.25, 0.3) is 0 Å². The molecule has 1 aromatic rings. The number of primary amides is 1. The van der Waals surface area contributed by atoms with Crippen LogP contribution in [-0.4, -0.2) is 23.2 Å². The van der Waals surface area contributed by atoms with E-state index in [1.165, 1.54) is 0 Å². The van der Waals surface area contributed by atoms with E-state index in [1.807, 2.05) is 0 Å². The summed E-state index contributed by atoms with van der Waals surface area (Å²) in [5.41, 5.74) is 5.63. The normalized spacial score (nSPS) is 24.3. The number of nitrogens with two attached hydrogens (primary N) is 1. The first-order valence-corrected chi connectivity index (χ1v) is 6.41. The van der Waals surface area contributed by atoms with E-state index in [0.29, 0.717) is 11.3 Å². The van der Waals surface area contributed by atoms with E-state index in [-0.39, 0.29) is 6.10 Å². The van der Waals surface area contributed by atoms with Crippen LogP contribution in [0.5, 0.6) is 5.75 Å². The van der Waals surface area contributed by atoms with Gasteiger partial charge in [-0.1, -0.05) is 12.8 Å². The number of aliphatic hydroxyl groups is 1. The van der Waals surface area contributed by atoms with Gasteiger partial charge in [-0.05, 0) is 43.5 Å². The van der Waals surface area contributed by atoms with Crippen LogP contribution in [-0.2, 0) is 0 Å². The Hall–Kier alpha value is -1.55. The molecule has 2 unspecified atom stereocenters. The summed E-state index contributed by atoms with van der Waals surface area (Å²) in [5.74, 6) is 0.224. The first-order valence-electron chi connectivity index (χ1n) is 6.41. The van der Waals surface area contributed by atoms with Crippen molar-refractivity contribution in [2.24, 2.45) is 5.73 Å². The van der Waals surface area contributed by atoms with Gasteiger partial charge in [0.1, 0.15) is 11.9 Å². The van der Waals surface area contributed by atoms with E-state index in [4.69, 9.17) is 10.5 Å². The minimum Gasteiger partial charge on any atom is -0.488 e. The topological polar surface area (TPSA) is 72.6 Å². The molecule has 2 rings (SSSR count). The van der Waals surface area contributed by atoms with Gasteiger partial charge in [-0.2, -0.15) is 0 Å². The highest BCUT2D eigenvalue weighted by atomic mass is 16.5. The summed E-state index contributed by atoms with van der Waals surface area (Å²) in [7, 11) is 0. The molecule has 1 aromatic carbocycles. The molecule has 98 valence electrons. The van der Waals surface area contributed by atoms with Crippen molar-refractivity contribution in [3.05, 3.63) is 29.8 Å². The molecule has 18 heavy (non-hydrogen) atoms. The highest BCUT2D eigenvalue weighted by molar-refractivity contribution is 5.92. The Morgan fingerprint density at radius 3 is 2.50 bits per heavy atom. The average molecular weight is 249 g/mol. The summed E-state index contributed by atoms with van der Waals surface area (Å²) in [5, 5.41) is 9.95. The second kappa shape index (κ2) is 5.87. The number of benzene rings is 1. The minimum atomic E-state index is -0.448. The maximum absolute atomic E-state index is 10.9. The third-order valence-electron chi connectivity index (χ3n) is 3.34. The van der Waals surface area contributed by atoms with Gasteiger partial charge < -0.3 is 15.6 Å². The van der Waals surface area contributed by atoms with E-state index < -0.39 is 12.0 Å². The predicted octanol–water partition coefficient (Wildman–Crippen LogP) is 1.86. The van der Waals surface area contributed by atoms with Gasteiger partial charge in [0.15, 0.2) is 0 Å². The molecule has 0 aromatic heterocycles. The monoisotopic (exact) mass is 249 g/mol. The number of carbonyl (C=O) groups excluding carboxylic acids is 1. The van der Waals surface area contributed by atoms with Crippen LogP contribution in [0.4, 0.5) is 0 Å². The van der Waals surface area contributed by atoms with Crippen LogP contribution in [0.1, 0.15) is 42.5 Å². The Morgan fingerprint density at radius 1 is 1.17 bits per heavy atom. The Balaban J connectivity index is 2.01. The summed E-state index contributed by atoms with van der Waals surface area (Å²) in [6, 6.07) is 6.72. The summed E-state index contributed by atoms with van der Waals surface area (Å²) >= 11 is 0. The van der Waals surface area contributed by atoms with E-state index in [1.54, 1.807) is 24.3 Å². The molecule has 0 bridgehead atoms. The van der Waals surface area contributed by atoms with Gasteiger partial charge >= 0.3 is 0 Å². The Bertz CT molecular complexity index is 402. The van der Waals surface area contributed by atoms with Crippen LogP contribution >= 0.6 is 0 Å². The third-order valence-corrected chi connectivity index (χ3v) is 3.34. The molecule has 0 spiro atoms. The van der Waals surface area contributed by atoms with Crippen molar-refractivity contribution in [1.82, 2.24) is 0 Å². The molecule has 3 N–H and O–H groups in total. The lowest BCUT2D eigenvalue weighted by molar-refractivity contribution is 0.0320. The fraction of sp³-hybridized carbons (Fsp3) is 0.500. The molecule has 1 saturated carbocycles. The molecule has 1 aliphatic rings. The van der Waals surface area contributed by atoms with Crippen LogP contribution in [0.3, 0.4) is 0 Å². The van der Waals surface area contributed by atoms with Gasteiger partial charge in [-0.25, -0.2) is 0 Å². The molecule has 0 aliphatic heterocycles. The number of amides is 1. The predicted molar refractivity (Wildman–Crippen MR) is 68.5 cm³/mol. The van der Waals surface area contributed by atoms with Gasteiger partial charge in [-0.15, -0.1) is 0 Å². The highest BCUT2D eigenvalue weighted by Gasteiger charge is 2.23. The van der Waals surface area contributed by atoms with Crippen molar-refractivity contribution in [2.45, 2.75) is 44.3 Å². The molecule has 4 nitrogen and oxygen atoms in total. The molecular formula is C14H19NO3. The molecule has 0 heterocycles. The number of rotatable bonds is 3. The number of hydrogen-bond acceptors (Lipinski definition) is 3. The van der Waals surface area contributed by atoms with E-state index >= 15 is 0 Å². The van der Waals surface area contributed by atoms with Gasteiger partial charge in [-0.3, -0.25) is 4.79 Å². The molecular weight excluding hydrogens is 230 g/mol. The van der Waals surface area contributed by atoms with E-state index in [9.17, 15) is 9.90 Å². The third kappa shape index (κ3) is 3.23. The van der Waals surface area contributed by atoms with Gasteiger partial charge in [0.05, 0.1) is 6.10 Å². The molecule has 0 radical (unpaired) electrons. The smallest absolute Gasteiger partial charge is 0.248 e. The lowest BCUT2D eigenvalue weighted by Crippen LogP contribution is -2.30. The molecule has 2 atom stereocenters. The number of ether oxygens (including phenoxy) is 1. The van der Waals surface area contributed by atoms with Crippen molar-refractivity contribution in [3.8, 4) is 5.75 Å². The second-order valence-corrected chi connectivity index (χ2v) is 4.75. The van der Waals surface area contributed by atoms with Crippen molar-refractivity contribution in [2.75, 3.05) is 0 Å². The summed E-state index contributed by atoms with van der Waals surface area (Å²) < 4.78 is 5.78. The lowest BCUT2D eigenvalue weighted by atomic mass is 10.1. The average Bonchev–Trinajstić information content (AvgIpc) is 2.56. The first kappa shape index (κ1) is 12.9. The van der Waals surface area contributed by atoms with Crippen LogP contribution in [0, 0.1) is 0 Å². The Kier molecular flexibility index (Phi) is 4.20. The summed E-state index contributed by atoms with van der Waals surface area (Å²) in [4.78, 5) is 10.9. The van der Waals surface area contributed by atoms with Gasteiger partial charge in [0.2, 0.25) is 5.91 Å². The standard InChI is InChI=1S/C14H19NO3/c15-14(17)10-6-8-11(9-7-10)18-13-5-3-1-2-4-12(13)16/h6-9,12-13,16H,1-5H2,(H2,15,17). The van der Waals surface area contributed by atoms with Crippen molar-refractivity contribution in [3.63, 3.8) is 0 Å². The lowest BCUT2D eigenvalue weighted by Gasteiger charge is -2.22. The highest BCUT2D eigenvalue weighted by Crippen LogP contribution is 2.23.